The Labute approximate surface area is 176 Å². The van der Waals surface area contributed by atoms with Crippen LogP contribution in [0, 0.1) is 10.1 Å². The fourth-order valence-corrected chi connectivity index (χ4v) is 4.43. The molecule has 1 heterocycles. The normalized spacial score (nSPS) is 19.4. The maximum Gasteiger partial charge on any atom is 0.269 e. The number of ketones is 1. The summed E-state index contributed by atoms with van der Waals surface area (Å²) in [5, 5.41) is 11.5. The van der Waals surface area contributed by atoms with Gasteiger partial charge in [-0.15, -0.1) is 0 Å². The summed E-state index contributed by atoms with van der Waals surface area (Å²) in [5.41, 5.74) is 2.37. The van der Waals surface area contributed by atoms with Crippen molar-refractivity contribution in [2.75, 3.05) is 4.90 Å². The average molecular weight is 431 g/mol. The number of nitro benzene ring substituents is 1. The lowest BCUT2D eigenvalue weighted by molar-refractivity contribution is -0.384. The highest BCUT2D eigenvalue weighted by Gasteiger charge is 2.40. The van der Waals surface area contributed by atoms with Gasteiger partial charge in [0.05, 0.1) is 20.7 Å². The van der Waals surface area contributed by atoms with E-state index in [0.29, 0.717) is 46.8 Å². The Kier molecular flexibility index (Phi) is 5.15. The number of anilines is 1. The van der Waals surface area contributed by atoms with Crippen LogP contribution in [0.4, 0.5) is 11.4 Å². The smallest absolute Gasteiger partial charge is 0.269 e. The van der Waals surface area contributed by atoms with E-state index in [4.69, 9.17) is 23.2 Å². The first-order valence-corrected chi connectivity index (χ1v) is 9.91. The molecule has 2 aliphatic rings. The Morgan fingerprint density at radius 2 is 1.76 bits per heavy atom. The molecule has 2 aromatic rings. The van der Waals surface area contributed by atoms with Crippen LogP contribution in [0.3, 0.4) is 0 Å². The molecule has 2 aromatic carbocycles. The molecule has 0 spiro atoms. The summed E-state index contributed by atoms with van der Waals surface area (Å²) in [4.78, 5) is 38.0. The zero-order chi connectivity index (χ0) is 20.7. The van der Waals surface area contributed by atoms with Crippen molar-refractivity contribution in [2.45, 2.75) is 31.6 Å². The molecule has 8 heteroatoms. The highest BCUT2D eigenvalue weighted by Crippen LogP contribution is 2.45. The van der Waals surface area contributed by atoms with Crippen molar-refractivity contribution in [3.8, 4) is 0 Å². The number of non-ortho nitro benzene ring substituents is 1. The highest BCUT2D eigenvalue weighted by atomic mass is 35.5. The molecule has 1 unspecified atom stereocenters. The van der Waals surface area contributed by atoms with E-state index in [0.717, 1.165) is 0 Å². The monoisotopic (exact) mass is 430 g/mol. The van der Waals surface area contributed by atoms with Crippen molar-refractivity contribution in [3.05, 3.63) is 79.5 Å². The van der Waals surface area contributed by atoms with E-state index >= 15 is 0 Å². The van der Waals surface area contributed by atoms with Gasteiger partial charge in [-0.25, -0.2) is 0 Å². The first-order chi connectivity index (χ1) is 13.9. The topological polar surface area (TPSA) is 80.5 Å². The van der Waals surface area contributed by atoms with Gasteiger partial charge in [-0.05, 0) is 30.5 Å². The molecule has 0 saturated heterocycles. The predicted molar refractivity (Wildman–Crippen MR) is 110 cm³/mol. The first-order valence-electron chi connectivity index (χ1n) is 9.16. The number of nitro groups is 1. The van der Waals surface area contributed by atoms with Gasteiger partial charge in [-0.3, -0.25) is 24.6 Å². The summed E-state index contributed by atoms with van der Waals surface area (Å²) in [5.74, 6) is -0.628. The van der Waals surface area contributed by atoms with E-state index in [1.807, 2.05) is 0 Å². The van der Waals surface area contributed by atoms with Gasteiger partial charge < -0.3 is 0 Å². The van der Waals surface area contributed by atoms with Gasteiger partial charge in [0.2, 0.25) is 5.91 Å². The fraction of sp³-hybridized carbons (Fsp3) is 0.238. The number of carbonyl (C=O) groups excluding carboxylic acids is 2. The quantitative estimate of drug-likeness (QED) is 0.480. The van der Waals surface area contributed by atoms with Crippen molar-refractivity contribution in [3.63, 3.8) is 0 Å². The Morgan fingerprint density at radius 1 is 1.03 bits per heavy atom. The Bertz CT molecular complexity index is 1060. The molecule has 0 radical (unpaired) electrons. The third-order valence-electron chi connectivity index (χ3n) is 5.35. The van der Waals surface area contributed by atoms with E-state index in [-0.39, 0.29) is 28.8 Å². The standard InChI is InChI=1S/C21H16Cl2N2O4/c22-15-3-1-5-17(21(15)23)24-16-4-2-6-18(26)20(16)14(11-19(24)27)12-7-9-13(10-8-12)25(28)29/h1,3,5,7-10,14H,2,4,6,11H2. The Balaban J connectivity index is 1.84. The molecule has 0 bridgehead atoms. The van der Waals surface area contributed by atoms with E-state index in [2.05, 4.69) is 0 Å². The minimum Gasteiger partial charge on any atom is -0.294 e. The van der Waals surface area contributed by atoms with Gasteiger partial charge in [-0.2, -0.15) is 0 Å². The third-order valence-corrected chi connectivity index (χ3v) is 6.16. The van der Waals surface area contributed by atoms with Crippen molar-refractivity contribution in [2.24, 2.45) is 0 Å². The average Bonchev–Trinajstić information content (AvgIpc) is 2.70. The summed E-state index contributed by atoms with van der Waals surface area (Å²) >= 11 is 12.5. The summed E-state index contributed by atoms with van der Waals surface area (Å²) in [6, 6.07) is 11.1. The highest BCUT2D eigenvalue weighted by molar-refractivity contribution is 6.44. The molecule has 0 aromatic heterocycles. The number of halogens is 2. The number of amides is 1. The van der Waals surface area contributed by atoms with E-state index < -0.39 is 10.8 Å². The van der Waals surface area contributed by atoms with Crippen LogP contribution in [0.2, 0.25) is 10.0 Å². The Morgan fingerprint density at radius 3 is 2.45 bits per heavy atom. The predicted octanol–water partition coefficient (Wildman–Crippen LogP) is 5.43. The van der Waals surface area contributed by atoms with Crippen LogP contribution >= 0.6 is 23.2 Å². The van der Waals surface area contributed by atoms with Crippen LogP contribution in [-0.2, 0) is 9.59 Å². The van der Waals surface area contributed by atoms with Gasteiger partial charge >= 0.3 is 0 Å². The summed E-state index contributed by atoms with van der Waals surface area (Å²) < 4.78 is 0. The number of allylic oxidation sites excluding steroid dienone is 2. The molecular weight excluding hydrogens is 415 g/mol. The summed E-state index contributed by atoms with van der Waals surface area (Å²) in [6.07, 6.45) is 1.70. The zero-order valence-electron chi connectivity index (χ0n) is 15.2. The van der Waals surface area contributed by atoms with E-state index in [1.165, 1.54) is 17.0 Å². The SMILES string of the molecule is O=C1CCCC2=C1C(c1ccc([N+](=O)[O-])cc1)CC(=O)N2c1cccc(Cl)c1Cl. The van der Waals surface area contributed by atoms with Gasteiger partial charge in [0.15, 0.2) is 5.78 Å². The van der Waals surface area contributed by atoms with Crippen molar-refractivity contribution < 1.29 is 14.5 Å². The maximum absolute atomic E-state index is 13.1. The molecule has 0 N–H and O–H groups in total. The lowest BCUT2D eigenvalue weighted by Gasteiger charge is -2.38. The van der Waals surface area contributed by atoms with Gasteiger partial charge in [0.25, 0.3) is 5.69 Å². The molecule has 0 saturated carbocycles. The van der Waals surface area contributed by atoms with Crippen molar-refractivity contribution in [1.29, 1.82) is 0 Å². The molecule has 29 heavy (non-hydrogen) atoms. The lowest BCUT2D eigenvalue weighted by atomic mass is 9.77. The number of rotatable bonds is 3. The van der Waals surface area contributed by atoms with Crippen LogP contribution in [0.15, 0.2) is 53.7 Å². The minimum atomic E-state index is -0.477. The molecule has 148 valence electrons. The number of carbonyl (C=O) groups is 2. The molecule has 1 aliphatic heterocycles. The second-order valence-corrected chi connectivity index (χ2v) is 7.83. The number of hydrogen-bond acceptors (Lipinski definition) is 4. The van der Waals surface area contributed by atoms with E-state index in [1.54, 1.807) is 30.3 Å². The van der Waals surface area contributed by atoms with Crippen molar-refractivity contribution in [1.82, 2.24) is 0 Å². The summed E-state index contributed by atoms with van der Waals surface area (Å²) in [7, 11) is 0. The van der Waals surface area contributed by atoms with Crippen LogP contribution < -0.4 is 4.90 Å². The molecule has 6 nitrogen and oxygen atoms in total. The maximum atomic E-state index is 13.1. The number of benzene rings is 2. The second kappa shape index (κ2) is 7.61. The van der Waals surface area contributed by atoms with Gasteiger partial charge in [0.1, 0.15) is 0 Å². The largest absolute Gasteiger partial charge is 0.294 e. The first kappa shape index (κ1) is 19.6. The molecule has 1 aliphatic carbocycles. The molecule has 4 rings (SSSR count). The fourth-order valence-electron chi connectivity index (χ4n) is 4.05. The van der Waals surface area contributed by atoms with Crippen molar-refractivity contribution >= 4 is 46.3 Å². The molecule has 1 amide bonds. The molecule has 1 atom stereocenters. The Hall–Kier alpha value is -2.70. The molecular formula is C21H16Cl2N2O4. The zero-order valence-corrected chi connectivity index (χ0v) is 16.7. The third kappa shape index (κ3) is 3.43. The molecule has 0 fully saturated rings. The minimum absolute atomic E-state index is 0.00902. The number of nitrogens with zero attached hydrogens (tertiary/aromatic N) is 2. The van der Waals surface area contributed by atoms with Gasteiger partial charge in [-0.1, -0.05) is 41.4 Å². The number of hydrogen-bond donors (Lipinski definition) is 0. The second-order valence-electron chi connectivity index (χ2n) is 7.04. The van der Waals surface area contributed by atoms with E-state index in [9.17, 15) is 19.7 Å². The van der Waals surface area contributed by atoms with Gasteiger partial charge in [0, 0.05) is 42.2 Å². The summed E-state index contributed by atoms with van der Waals surface area (Å²) in [6.45, 7) is 0. The van der Waals surface area contributed by atoms with Crippen LogP contribution in [0.25, 0.3) is 0 Å². The van der Waals surface area contributed by atoms with Crippen LogP contribution in [0.5, 0.6) is 0 Å². The van der Waals surface area contributed by atoms with Crippen LogP contribution in [0.1, 0.15) is 37.2 Å². The lowest BCUT2D eigenvalue weighted by Crippen LogP contribution is -2.40. The van der Waals surface area contributed by atoms with Crippen LogP contribution in [-0.4, -0.2) is 16.6 Å². The number of Topliss-reactive ketones (excluding diaryl/α,β-unsaturated/α-hetero) is 1.